The quantitative estimate of drug-likeness (QED) is 0.506. The first-order chi connectivity index (χ1) is 19.1. The van der Waals surface area contributed by atoms with Crippen LogP contribution in [0.15, 0.2) is 24.4 Å². The summed E-state index contributed by atoms with van der Waals surface area (Å²) < 4.78 is 106. The minimum atomic E-state index is -4.88. The van der Waals surface area contributed by atoms with E-state index in [1.165, 1.54) is 11.3 Å². The van der Waals surface area contributed by atoms with E-state index in [4.69, 9.17) is 0 Å². The molecule has 4 aliphatic rings. The number of aromatic nitrogens is 1. The summed E-state index contributed by atoms with van der Waals surface area (Å²) in [7, 11) is -4.25. The lowest BCUT2D eigenvalue weighted by molar-refractivity contribution is -0.186. The van der Waals surface area contributed by atoms with Gasteiger partial charge < -0.3 is 4.90 Å². The summed E-state index contributed by atoms with van der Waals surface area (Å²) in [6.07, 6.45) is -4.40. The molecule has 1 amide bonds. The number of alkyl halides is 6. The van der Waals surface area contributed by atoms with Crippen molar-refractivity contribution in [3.63, 3.8) is 0 Å². The van der Waals surface area contributed by atoms with Gasteiger partial charge in [0.2, 0.25) is 0 Å². The number of halogens is 6. The van der Waals surface area contributed by atoms with Gasteiger partial charge in [-0.3, -0.25) is 4.79 Å². The molecule has 2 saturated heterocycles. The van der Waals surface area contributed by atoms with Crippen LogP contribution < -0.4 is 4.72 Å². The van der Waals surface area contributed by atoms with Gasteiger partial charge in [0.1, 0.15) is 11.6 Å². The molecule has 2 aliphatic carbocycles. The van der Waals surface area contributed by atoms with E-state index in [1.807, 2.05) is 18.2 Å². The zero-order valence-corrected chi connectivity index (χ0v) is 23.4. The van der Waals surface area contributed by atoms with E-state index in [9.17, 15) is 39.6 Å². The molecular formula is C26H28F6N4O3S2. The van der Waals surface area contributed by atoms with E-state index in [1.54, 1.807) is 6.20 Å². The number of likely N-dealkylation sites (tertiary alicyclic amines) is 1. The summed E-state index contributed by atoms with van der Waals surface area (Å²) in [6, 6.07) is 5.94. The van der Waals surface area contributed by atoms with Crippen LogP contribution in [-0.4, -0.2) is 72.6 Å². The molecule has 3 heterocycles. The summed E-state index contributed by atoms with van der Waals surface area (Å²) in [5, 5.41) is 0.749. The smallest absolute Gasteiger partial charge is 0.335 e. The lowest BCUT2D eigenvalue weighted by Gasteiger charge is -2.33. The van der Waals surface area contributed by atoms with Crippen LogP contribution in [0.1, 0.15) is 47.6 Å². The second kappa shape index (κ2) is 9.91. The van der Waals surface area contributed by atoms with Crippen molar-refractivity contribution in [3.8, 4) is 10.6 Å². The topological polar surface area (TPSA) is 82.6 Å². The summed E-state index contributed by atoms with van der Waals surface area (Å²) in [5.41, 5.74) is 1.99. The summed E-state index contributed by atoms with van der Waals surface area (Å²) in [6.45, 7) is -1.65. The second-order valence-electron chi connectivity index (χ2n) is 11.5. The molecule has 1 aromatic carbocycles. The Morgan fingerprint density at radius 2 is 1.68 bits per heavy atom. The fourth-order valence-corrected chi connectivity index (χ4v) is 9.92. The van der Waals surface area contributed by atoms with Crippen molar-refractivity contribution in [2.45, 2.75) is 62.3 Å². The van der Waals surface area contributed by atoms with Crippen molar-refractivity contribution < 1.29 is 39.6 Å². The lowest BCUT2D eigenvalue weighted by atomic mass is 9.79. The van der Waals surface area contributed by atoms with Crippen molar-refractivity contribution in [2.75, 3.05) is 26.2 Å². The monoisotopic (exact) mass is 622 g/mol. The van der Waals surface area contributed by atoms with Crippen molar-refractivity contribution in [1.29, 1.82) is 0 Å². The molecule has 0 radical (unpaired) electrons. The number of thiazole rings is 1. The summed E-state index contributed by atoms with van der Waals surface area (Å²) >= 11 is 1.46. The summed E-state index contributed by atoms with van der Waals surface area (Å²) in [5.74, 6) is -2.06. The lowest BCUT2D eigenvalue weighted by Crippen LogP contribution is -2.52. The van der Waals surface area contributed by atoms with Crippen molar-refractivity contribution in [3.05, 3.63) is 40.4 Å². The number of carbonyl (C=O) groups is 1. The minimum absolute atomic E-state index is 0.00462. The molecule has 1 aromatic heterocycles. The Morgan fingerprint density at radius 1 is 1.02 bits per heavy atom. The van der Waals surface area contributed by atoms with Crippen molar-refractivity contribution in [1.82, 2.24) is 18.9 Å². The van der Waals surface area contributed by atoms with Crippen LogP contribution in [0.2, 0.25) is 0 Å². The Bertz CT molecular complexity index is 1450. The molecule has 1 N–H and O–H groups in total. The van der Waals surface area contributed by atoms with Crippen LogP contribution in [0.25, 0.3) is 10.6 Å². The maximum atomic E-state index is 13.1. The van der Waals surface area contributed by atoms with E-state index in [2.05, 4.69) is 9.71 Å². The van der Waals surface area contributed by atoms with E-state index in [0.29, 0.717) is 36.4 Å². The van der Waals surface area contributed by atoms with Gasteiger partial charge in [0.05, 0.1) is 5.54 Å². The van der Waals surface area contributed by atoms with Gasteiger partial charge in [0.15, 0.2) is 0 Å². The average molecular weight is 623 g/mol. The summed E-state index contributed by atoms with van der Waals surface area (Å²) in [4.78, 5) is 17.9. The normalized spacial score (nSPS) is 28.7. The van der Waals surface area contributed by atoms with Gasteiger partial charge in [-0.15, -0.1) is 11.3 Å². The van der Waals surface area contributed by atoms with Gasteiger partial charge in [-0.2, -0.15) is 43.8 Å². The Kier molecular flexibility index (Phi) is 6.98. The average Bonchev–Trinajstić information content (AvgIpc) is 3.52. The molecule has 7 nitrogen and oxygen atoms in total. The second-order valence-corrected chi connectivity index (χ2v) is 14.3. The van der Waals surface area contributed by atoms with E-state index < -0.39 is 40.6 Å². The standard InChI is InChI=1S/C26H28F6N4O3S2/c27-25(28,29)14-36-13-24(34-41(36,38)39)19-3-4-20(24)11-18-9-17(2-1-16(18)10-19)22-33-12-21(40-22)15-5-7-35(8-6-15)23(37)26(30,31)32/h1-2,9,12,15,19-20,34H,3-8,10-11,13-14H2/t19-,20+,24-/m1/s1. The third-order valence-corrected chi connectivity index (χ3v) is 11.9. The molecule has 1 spiro atoms. The Balaban J connectivity index is 1.18. The fraction of sp³-hybridized carbons (Fsp3) is 0.615. The first kappa shape index (κ1) is 28.9. The number of rotatable bonds is 3. The Hall–Kier alpha value is -2.23. The molecule has 224 valence electrons. The maximum Gasteiger partial charge on any atom is 0.471 e. The molecule has 3 atom stereocenters. The highest BCUT2D eigenvalue weighted by molar-refractivity contribution is 7.87. The molecule has 6 rings (SSSR count). The highest BCUT2D eigenvalue weighted by Crippen LogP contribution is 2.51. The molecule has 3 fully saturated rings. The van der Waals surface area contributed by atoms with E-state index >= 15 is 0 Å². The highest BCUT2D eigenvalue weighted by Gasteiger charge is 2.60. The molecule has 2 aliphatic heterocycles. The number of hydrogen-bond acceptors (Lipinski definition) is 5. The van der Waals surface area contributed by atoms with E-state index in [-0.39, 0.29) is 37.4 Å². The largest absolute Gasteiger partial charge is 0.471 e. The molecule has 2 aromatic rings. The molecule has 2 bridgehead atoms. The fourth-order valence-electron chi connectivity index (χ4n) is 7.13. The Labute approximate surface area is 237 Å². The van der Waals surface area contributed by atoms with E-state index in [0.717, 1.165) is 37.9 Å². The number of nitrogens with zero attached hydrogens (tertiary/aromatic N) is 3. The highest BCUT2D eigenvalue weighted by atomic mass is 32.2. The number of nitrogens with one attached hydrogen (secondary N) is 1. The van der Waals surface area contributed by atoms with Crippen LogP contribution >= 0.6 is 11.3 Å². The van der Waals surface area contributed by atoms with Crippen LogP contribution in [0.4, 0.5) is 26.3 Å². The third-order valence-electron chi connectivity index (χ3n) is 9.11. The third kappa shape index (κ3) is 5.38. The number of amides is 1. The number of piperidine rings is 1. The number of carbonyl (C=O) groups excluding carboxylic acids is 1. The van der Waals surface area contributed by atoms with Crippen molar-refractivity contribution >= 4 is 27.5 Å². The Morgan fingerprint density at radius 3 is 2.32 bits per heavy atom. The number of fused-ring (bicyclic) bond motifs is 1. The zero-order chi connectivity index (χ0) is 29.4. The van der Waals surface area contributed by atoms with Gasteiger partial charge in [0, 0.05) is 36.3 Å². The van der Waals surface area contributed by atoms with Crippen LogP contribution in [0, 0.1) is 11.8 Å². The zero-order valence-electron chi connectivity index (χ0n) is 21.8. The first-order valence-corrected chi connectivity index (χ1v) is 15.7. The van der Waals surface area contributed by atoms with Gasteiger partial charge in [-0.05, 0) is 73.5 Å². The van der Waals surface area contributed by atoms with Crippen LogP contribution in [-0.2, 0) is 27.8 Å². The molecular weight excluding hydrogens is 594 g/mol. The first-order valence-electron chi connectivity index (χ1n) is 13.4. The van der Waals surface area contributed by atoms with Gasteiger partial charge in [-0.25, -0.2) is 4.98 Å². The minimum Gasteiger partial charge on any atom is -0.335 e. The van der Waals surface area contributed by atoms with Gasteiger partial charge >= 0.3 is 18.3 Å². The number of benzene rings is 1. The van der Waals surface area contributed by atoms with Crippen LogP contribution in [0.3, 0.4) is 0 Å². The van der Waals surface area contributed by atoms with Crippen molar-refractivity contribution in [2.24, 2.45) is 11.8 Å². The van der Waals surface area contributed by atoms with Gasteiger partial charge in [0.25, 0.3) is 10.2 Å². The molecule has 0 unspecified atom stereocenters. The number of hydrogen-bond donors (Lipinski definition) is 1. The molecule has 15 heteroatoms. The van der Waals surface area contributed by atoms with Gasteiger partial charge in [-0.1, -0.05) is 12.1 Å². The van der Waals surface area contributed by atoms with Crippen LogP contribution in [0.5, 0.6) is 0 Å². The molecule has 41 heavy (non-hydrogen) atoms. The maximum absolute atomic E-state index is 13.1. The predicted octanol–water partition coefficient (Wildman–Crippen LogP) is 4.65. The predicted molar refractivity (Wildman–Crippen MR) is 138 cm³/mol. The SMILES string of the molecule is O=C(N1CCC(c2cnc(-c3ccc4c(c3)C[C@@H]3CC[C@H](C4)[C@]34CN(CC(F)(F)F)S(=O)(=O)N4)s2)CC1)C(F)(F)F. The molecule has 1 saturated carbocycles.